The van der Waals surface area contributed by atoms with Crippen molar-refractivity contribution in [3.63, 3.8) is 0 Å². The normalized spacial score (nSPS) is 37.8. The molecule has 0 spiro atoms. The van der Waals surface area contributed by atoms with E-state index in [0.29, 0.717) is 30.0 Å². The van der Waals surface area contributed by atoms with Crippen molar-refractivity contribution >= 4 is 17.7 Å². The van der Waals surface area contributed by atoms with Gasteiger partial charge in [0.15, 0.2) is 5.78 Å². The number of ether oxygens (including phenoxy) is 1. The van der Waals surface area contributed by atoms with Crippen molar-refractivity contribution in [2.45, 2.75) is 146 Å². The van der Waals surface area contributed by atoms with Gasteiger partial charge in [0.05, 0.1) is 17.5 Å². The number of aromatic nitrogens is 1. The highest BCUT2D eigenvalue weighted by atomic mass is 16.5. The zero-order valence-electron chi connectivity index (χ0n) is 32.4. The van der Waals surface area contributed by atoms with Crippen molar-refractivity contribution in [1.82, 2.24) is 10.3 Å². The molecule has 1 aromatic rings. The van der Waals surface area contributed by atoms with E-state index in [1.807, 2.05) is 18.3 Å². The van der Waals surface area contributed by atoms with E-state index >= 15 is 0 Å². The average molecular weight is 689 g/mol. The van der Waals surface area contributed by atoms with Crippen LogP contribution in [0.2, 0.25) is 0 Å². The minimum absolute atomic E-state index is 0.0403. The zero-order valence-corrected chi connectivity index (χ0v) is 32.4. The van der Waals surface area contributed by atoms with Gasteiger partial charge in [0.25, 0.3) is 0 Å². The highest BCUT2D eigenvalue weighted by Crippen LogP contribution is 2.77. The molecular weight excluding hydrogens is 624 g/mol. The topological polar surface area (TPSA) is 106 Å². The standard InChI is InChI=1S/C43H64N2O5/c1-27(2)35-30(46)24-43(21-23-44-26-28-12-10-11-22-45-28)20-19-41(8)29(36(35)43)13-14-32-40(7)17-16-33(50-34(47)25-38(3,4)37(48)49)39(5,6)31(40)15-18-42(32,41)9/h10-12,22,27,29,31-33,44H,13-21,23-26H2,1-9H3,(H,48,49)/t29-,31+,32-,33+,40+,41-,42-,43-/m1/s1. The molecule has 5 aliphatic rings. The number of carbonyl (C=O) groups is 3. The van der Waals surface area contributed by atoms with Crippen molar-refractivity contribution in [2.24, 2.45) is 56.2 Å². The van der Waals surface area contributed by atoms with Gasteiger partial charge in [-0.25, -0.2) is 0 Å². The Hall–Kier alpha value is -2.54. The van der Waals surface area contributed by atoms with Crippen LogP contribution in [0.15, 0.2) is 35.5 Å². The number of hydrogen-bond donors (Lipinski definition) is 2. The van der Waals surface area contributed by atoms with Gasteiger partial charge >= 0.3 is 11.9 Å². The summed E-state index contributed by atoms with van der Waals surface area (Å²) in [5.74, 6) is 0.667. The first-order valence-electron chi connectivity index (χ1n) is 19.6. The van der Waals surface area contributed by atoms with Crippen LogP contribution in [-0.4, -0.2) is 40.5 Å². The fourth-order valence-electron chi connectivity index (χ4n) is 12.9. The smallest absolute Gasteiger partial charge is 0.309 e. The summed E-state index contributed by atoms with van der Waals surface area (Å²) in [5, 5.41) is 13.3. The SMILES string of the molecule is CC(C)C1=C2[C@H]3CC[C@@H]4[C@@]5(C)CC[C@H](OC(=O)CC(C)(C)C(=O)O)C(C)(C)[C@@H]5CC[C@@]4(C)[C@]3(C)CC[C@@]2(CCNCc2ccccn2)CC1=O. The number of nitrogens with zero attached hydrogens (tertiary/aromatic N) is 1. The van der Waals surface area contributed by atoms with Gasteiger partial charge in [-0.1, -0.05) is 60.1 Å². The summed E-state index contributed by atoms with van der Waals surface area (Å²) in [6.07, 6.45) is 11.9. The van der Waals surface area contributed by atoms with Crippen LogP contribution in [0.4, 0.5) is 0 Å². The molecule has 0 saturated heterocycles. The van der Waals surface area contributed by atoms with Gasteiger partial charge in [-0.2, -0.15) is 0 Å². The molecule has 0 aromatic carbocycles. The zero-order chi connectivity index (χ0) is 36.5. The molecule has 0 amide bonds. The third-order valence-corrected chi connectivity index (χ3v) is 15.8. The number of ketones is 1. The first-order chi connectivity index (χ1) is 23.3. The molecule has 0 bridgehead atoms. The quantitative estimate of drug-likeness (QED) is 0.187. The molecule has 1 heterocycles. The Balaban J connectivity index is 1.24. The molecule has 4 fully saturated rings. The summed E-state index contributed by atoms with van der Waals surface area (Å²) in [6.45, 7) is 21.7. The third-order valence-electron chi connectivity index (χ3n) is 15.8. The minimum atomic E-state index is -1.15. The molecule has 1 aromatic heterocycles. The maximum Gasteiger partial charge on any atom is 0.309 e. The molecule has 2 N–H and O–H groups in total. The highest BCUT2D eigenvalue weighted by Gasteiger charge is 2.70. The summed E-state index contributed by atoms with van der Waals surface area (Å²) < 4.78 is 6.17. The second kappa shape index (κ2) is 12.8. The van der Waals surface area contributed by atoms with Crippen LogP contribution < -0.4 is 5.32 Å². The second-order valence-electron chi connectivity index (χ2n) is 19.4. The second-order valence-corrected chi connectivity index (χ2v) is 19.4. The lowest BCUT2D eigenvalue weighted by molar-refractivity contribution is -0.233. The van der Waals surface area contributed by atoms with Gasteiger partial charge in [0.2, 0.25) is 0 Å². The first kappa shape index (κ1) is 37.2. The maximum atomic E-state index is 14.0. The monoisotopic (exact) mass is 688 g/mol. The Bertz CT molecular complexity index is 1530. The summed E-state index contributed by atoms with van der Waals surface area (Å²) in [4.78, 5) is 43.2. The summed E-state index contributed by atoms with van der Waals surface area (Å²) in [6, 6.07) is 6.05. The van der Waals surface area contributed by atoms with Gasteiger partial charge in [-0.15, -0.1) is 0 Å². The van der Waals surface area contributed by atoms with E-state index in [2.05, 4.69) is 64.8 Å². The predicted molar refractivity (Wildman–Crippen MR) is 196 cm³/mol. The largest absolute Gasteiger partial charge is 0.481 e. The Kier molecular flexibility index (Phi) is 9.56. The maximum absolute atomic E-state index is 14.0. The summed E-state index contributed by atoms with van der Waals surface area (Å²) in [5.41, 5.74) is 2.74. The fraction of sp³-hybridized carbons (Fsp3) is 0.767. The summed E-state index contributed by atoms with van der Waals surface area (Å²) in [7, 11) is 0. The third kappa shape index (κ3) is 5.80. The molecule has 0 radical (unpaired) electrons. The van der Waals surface area contributed by atoms with Crippen LogP contribution in [0, 0.1) is 56.2 Å². The molecule has 4 saturated carbocycles. The number of nitrogens with one attached hydrogen (secondary N) is 1. The molecule has 7 heteroatoms. The highest BCUT2D eigenvalue weighted by molar-refractivity contribution is 6.00. The Morgan fingerprint density at radius 1 is 0.980 bits per heavy atom. The lowest BCUT2D eigenvalue weighted by Crippen LogP contribution is -2.65. The van der Waals surface area contributed by atoms with E-state index in [1.54, 1.807) is 13.8 Å². The van der Waals surface area contributed by atoms with E-state index in [9.17, 15) is 19.5 Å². The van der Waals surface area contributed by atoms with Crippen LogP contribution >= 0.6 is 0 Å². The first-order valence-corrected chi connectivity index (χ1v) is 19.6. The molecule has 5 aliphatic carbocycles. The molecule has 0 unspecified atom stereocenters. The predicted octanol–water partition coefficient (Wildman–Crippen LogP) is 8.95. The van der Waals surface area contributed by atoms with Crippen molar-refractivity contribution in [3.05, 3.63) is 41.2 Å². The number of Topliss-reactive ketones (excluding diaryl/α,β-unsaturated/α-hetero) is 1. The summed E-state index contributed by atoms with van der Waals surface area (Å²) >= 11 is 0. The molecular formula is C43H64N2O5. The van der Waals surface area contributed by atoms with Crippen molar-refractivity contribution in [1.29, 1.82) is 0 Å². The number of fused-ring (bicyclic) bond motifs is 7. The van der Waals surface area contributed by atoms with E-state index in [4.69, 9.17) is 4.74 Å². The lowest BCUT2D eigenvalue weighted by atomic mass is 9.33. The number of carboxylic acid groups (broad SMARTS) is 1. The van der Waals surface area contributed by atoms with Gasteiger partial charge in [0.1, 0.15) is 6.10 Å². The number of esters is 1. The van der Waals surface area contributed by atoms with Crippen LogP contribution in [-0.2, 0) is 25.7 Å². The number of carbonyl (C=O) groups excluding carboxylic acids is 2. The Morgan fingerprint density at radius 2 is 1.72 bits per heavy atom. The van der Waals surface area contributed by atoms with Gasteiger partial charge in [0, 0.05) is 30.0 Å². The number of aliphatic carboxylic acids is 1. The van der Waals surface area contributed by atoms with Gasteiger partial charge < -0.3 is 15.2 Å². The van der Waals surface area contributed by atoms with Crippen molar-refractivity contribution in [2.75, 3.05) is 6.54 Å². The molecule has 7 nitrogen and oxygen atoms in total. The van der Waals surface area contributed by atoms with E-state index in [1.165, 1.54) is 12.0 Å². The number of rotatable bonds is 10. The average Bonchev–Trinajstić information content (AvgIpc) is 3.33. The molecule has 50 heavy (non-hydrogen) atoms. The van der Waals surface area contributed by atoms with Gasteiger partial charge in [-0.05, 0) is 136 Å². The van der Waals surface area contributed by atoms with Crippen LogP contribution in [0.5, 0.6) is 0 Å². The Morgan fingerprint density at radius 3 is 2.38 bits per heavy atom. The van der Waals surface area contributed by atoms with Crippen molar-refractivity contribution in [3.8, 4) is 0 Å². The molecule has 0 aliphatic heterocycles. The van der Waals surface area contributed by atoms with E-state index in [-0.39, 0.29) is 45.5 Å². The lowest BCUT2D eigenvalue weighted by Gasteiger charge is -2.72. The molecule has 8 atom stereocenters. The van der Waals surface area contributed by atoms with E-state index in [0.717, 1.165) is 75.7 Å². The number of allylic oxidation sites excluding steroid dienone is 2. The molecule has 6 rings (SSSR count). The van der Waals surface area contributed by atoms with Crippen LogP contribution in [0.1, 0.15) is 139 Å². The van der Waals surface area contributed by atoms with Gasteiger partial charge in [-0.3, -0.25) is 19.4 Å². The van der Waals surface area contributed by atoms with Crippen molar-refractivity contribution < 1.29 is 24.2 Å². The van der Waals surface area contributed by atoms with Crippen LogP contribution in [0.25, 0.3) is 0 Å². The van der Waals surface area contributed by atoms with Crippen LogP contribution in [0.3, 0.4) is 0 Å². The minimum Gasteiger partial charge on any atom is -0.481 e. The Labute approximate surface area is 301 Å². The van der Waals surface area contributed by atoms with E-state index < -0.39 is 17.4 Å². The number of hydrogen-bond acceptors (Lipinski definition) is 6. The fourth-order valence-corrected chi connectivity index (χ4v) is 12.9. The number of pyridine rings is 1. The molecule has 276 valence electrons. The number of carboxylic acids is 1.